The number of benzene rings is 2. The molecule has 0 saturated heterocycles. The highest BCUT2D eigenvalue weighted by Gasteiger charge is 2.36. The fourth-order valence-electron chi connectivity index (χ4n) is 7.71. The number of anilines is 1. The lowest BCUT2D eigenvalue weighted by molar-refractivity contribution is -0.815. The SMILES string of the molecule is CCCCC[n+]1c(C=CC2=C(N(SOO[O-])C(=O)OC(C)(C)C)C(=CC=C3Sc4ccccc4N3CCCCS(=O)([O-])([O-])[N+](CC)(CC)CC)CC2)sc2ccccc21. The Morgan fingerprint density at radius 3 is 2.37 bits per heavy atom. The number of nitrogens with zero attached hydrogens (tertiary/aromatic N) is 4. The third-order valence-electron chi connectivity index (χ3n) is 10.9. The van der Waals surface area contributed by atoms with Crippen LogP contribution in [0, 0.1) is 0 Å². The fraction of sp³-hybridized carbons (Fsp3) is 0.488. The molecule has 0 spiro atoms. The lowest BCUT2D eigenvalue weighted by Gasteiger charge is -2.67. The summed E-state index contributed by atoms with van der Waals surface area (Å²) in [5, 5.41) is 16.9. The smallest absolute Gasteiger partial charge is 0.427 e. The predicted octanol–water partition coefficient (Wildman–Crippen LogP) is 9.50. The van der Waals surface area contributed by atoms with Gasteiger partial charge in [-0.1, -0.05) is 76.6 Å². The number of allylic oxidation sites excluding steroid dienone is 5. The molecule has 2 aliphatic rings. The summed E-state index contributed by atoms with van der Waals surface area (Å²) < 4.78 is 55.4. The van der Waals surface area contributed by atoms with Gasteiger partial charge in [0.15, 0.2) is 18.8 Å². The van der Waals surface area contributed by atoms with Crippen molar-refractivity contribution in [1.29, 1.82) is 0 Å². The first-order valence-corrected chi connectivity index (χ1v) is 24.8. The van der Waals surface area contributed by atoms with Crippen LogP contribution in [0.4, 0.5) is 10.5 Å². The predicted molar refractivity (Wildman–Crippen MR) is 236 cm³/mol. The molecule has 1 amide bonds. The Labute approximate surface area is 362 Å². The summed E-state index contributed by atoms with van der Waals surface area (Å²) in [5.41, 5.74) is 3.56. The molecule has 0 unspecified atom stereocenters. The van der Waals surface area contributed by atoms with E-state index in [0.29, 0.717) is 43.7 Å². The van der Waals surface area contributed by atoms with Crippen LogP contribution in [0.5, 0.6) is 0 Å². The molecule has 0 bridgehead atoms. The minimum atomic E-state index is -5.44. The van der Waals surface area contributed by atoms with Gasteiger partial charge in [-0.25, -0.2) is 4.79 Å². The highest BCUT2D eigenvalue weighted by molar-refractivity contribution is 8.05. The van der Waals surface area contributed by atoms with Crippen LogP contribution in [-0.4, -0.2) is 65.1 Å². The van der Waals surface area contributed by atoms with E-state index < -0.39 is 31.1 Å². The van der Waals surface area contributed by atoms with Gasteiger partial charge in [-0.2, -0.15) is 8.87 Å². The molecule has 59 heavy (non-hydrogen) atoms. The van der Waals surface area contributed by atoms with Gasteiger partial charge >= 0.3 is 6.09 Å². The Hall–Kier alpha value is -3.03. The molecule has 1 aliphatic carbocycles. The summed E-state index contributed by atoms with van der Waals surface area (Å²) in [6.45, 7) is 14.9. The van der Waals surface area contributed by atoms with E-state index in [4.69, 9.17) is 9.07 Å². The van der Waals surface area contributed by atoms with E-state index in [-0.39, 0.29) is 26.1 Å². The minimum Gasteiger partial charge on any atom is -0.759 e. The molecule has 16 heteroatoms. The highest BCUT2D eigenvalue weighted by atomic mass is 32.3. The lowest BCUT2D eigenvalue weighted by Crippen LogP contribution is -2.67. The Balaban J connectivity index is 1.51. The summed E-state index contributed by atoms with van der Waals surface area (Å²) in [4.78, 5) is 17.0. The number of carbonyl (C=O) groups excluding carboxylic acids is 1. The summed E-state index contributed by atoms with van der Waals surface area (Å²) in [6, 6.07) is 16.4. The number of rotatable bonds is 20. The molecular formula is C43H59N4O8S4-. The Morgan fingerprint density at radius 1 is 0.966 bits per heavy atom. The van der Waals surface area contributed by atoms with Crippen molar-refractivity contribution in [2.24, 2.45) is 0 Å². The second-order valence-corrected chi connectivity index (χ2v) is 21.5. The quantitative estimate of drug-likeness (QED) is 0.0204. The molecule has 0 radical (unpaired) electrons. The van der Waals surface area contributed by atoms with E-state index in [1.54, 1.807) is 64.6 Å². The largest absolute Gasteiger partial charge is 0.759 e. The molecule has 12 nitrogen and oxygen atoms in total. The van der Waals surface area contributed by atoms with Gasteiger partial charge < -0.3 is 24.0 Å². The number of thioether (sulfide) groups is 1. The Bertz CT molecular complexity index is 2120. The lowest BCUT2D eigenvalue weighted by atomic mass is 10.1. The number of ether oxygens (including phenoxy) is 1. The van der Waals surface area contributed by atoms with Crippen LogP contribution in [-0.2, 0) is 30.5 Å². The van der Waals surface area contributed by atoms with Gasteiger partial charge in [-0.15, -0.1) is 4.33 Å². The third-order valence-corrected chi connectivity index (χ3v) is 17.0. The number of sulfonamides is 3. The van der Waals surface area contributed by atoms with E-state index in [9.17, 15) is 23.4 Å². The van der Waals surface area contributed by atoms with Crippen molar-refractivity contribution in [3.63, 3.8) is 0 Å². The number of para-hydroxylation sites is 2. The van der Waals surface area contributed by atoms with Crippen molar-refractivity contribution >= 4 is 73.2 Å². The molecule has 324 valence electrons. The number of aromatic nitrogens is 1. The number of quaternary nitrogens is 1. The maximum absolute atomic E-state index is 13.8. The average molecular weight is 888 g/mol. The van der Waals surface area contributed by atoms with Crippen molar-refractivity contribution in [2.75, 3.05) is 36.8 Å². The first kappa shape index (κ1) is 47.0. The van der Waals surface area contributed by atoms with Crippen LogP contribution >= 0.6 is 35.3 Å². The number of carbonyl (C=O) groups is 1. The molecule has 0 saturated carbocycles. The topological polar surface area (TPSA) is 141 Å². The van der Waals surface area contributed by atoms with Gasteiger partial charge in [-0.05, 0) is 115 Å². The molecule has 2 aromatic carbocycles. The zero-order valence-electron chi connectivity index (χ0n) is 35.3. The third kappa shape index (κ3) is 11.1. The average Bonchev–Trinajstić information content (AvgIpc) is 3.88. The molecule has 5 rings (SSSR count). The normalized spacial score (nSPS) is 17.1. The number of aryl methyl sites for hydroxylation is 1. The number of thiazole rings is 1. The van der Waals surface area contributed by atoms with E-state index in [1.165, 1.54) is 14.5 Å². The number of amides is 1. The minimum absolute atomic E-state index is 0.237. The van der Waals surface area contributed by atoms with Crippen LogP contribution in [0.1, 0.15) is 98.4 Å². The van der Waals surface area contributed by atoms with Gasteiger partial charge in [-0.3, -0.25) is 13.1 Å². The second kappa shape index (κ2) is 20.2. The summed E-state index contributed by atoms with van der Waals surface area (Å²) >= 11 is 3.77. The van der Waals surface area contributed by atoms with E-state index >= 15 is 0 Å². The monoisotopic (exact) mass is 887 g/mol. The van der Waals surface area contributed by atoms with E-state index in [1.807, 2.05) is 48.6 Å². The zero-order valence-corrected chi connectivity index (χ0v) is 38.6. The molecular weight excluding hydrogens is 829 g/mol. The van der Waals surface area contributed by atoms with Gasteiger partial charge in [0, 0.05) is 35.8 Å². The van der Waals surface area contributed by atoms with E-state index in [2.05, 4.69) is 45.7 Å². The van der Waals surface area contributed by atoms with Crippen LogP contribution in [0.15, 0.2) is 93.5 Å². The molecule has 0 N–H and O–H groups in total. The molecule has 0 atom stereocenters. The van der Waals surface area contributed by atoms with Gasteiger partial charge in [0.05, 0.1) is 36.0 Å². The molecule has 3 aromatic rings. The summed E-state index contributed by atoms with van der Waals surface area (Å²) in [5.74, 6) is -0.420. The first-order valence-electron chi connectivity index (χ1n) is 20.5. The summed E-state index contributed by atoms with van der Waals surface area (Å²) in [7, 11) is -5.44. The van der Waals surface area contributed by atoms with Crippen LogP contribution in [0.2, 0.25) is 0 Å². The van der Waals surface area contributed by atoms with Crippen molar-refractivity contribution in [2.45, 2.75) is 110 Å². The number of fused-ring (bicyclic) bond motifs is 2. The fourth-order valence-corrected chi connectivity index (χ4v) is 13.0. The van der Waals surface area contributed by atoms with Crippen molar-refractivity contribution in [1.82, 2.24) is 4.31 Å². The standard InChI is InChI=1S/C43H60N4O8S4/c1-8-12-17-30-44-35-20-13-15-22-37(35)56-39(44)28-26-33-24-25-34(41(33)46(58-55-54-49)42(48)53-43(5,6)7)27-29-40-45(36-21-14-16-23-38(36)57-40)31-18-19-32-59(50,51,52)47(9-2,10-3)11-4/h13-16,20-23,26-29H,8-12,17-19,24-25,30-32H2,1-7H3,(H-2,49,50,51,52)/p-1. The van der Waals surface area contributed by atoms with E-state index in [0.717, 1.165) is 57.6 Å². The maximum Gasteiger partial charge on any atom is 0.427 e. The van der Waals surface area contributed by atoms with Crippen LogP contribution in [0.3, 0.4) is 0 Å². The molecule has 1 aliphatic heterocycles. The Morgan fingerprint density at radius 2 is 1.68 bits per heavy atom. The van der Waals surface area contributed by atoms with Gasteiger partial charge in [0.2, 0.25) is 5.52 Å². The van der Waals surface area contributed by atoms with Gasteiger partial charge in [0.25, 0.3) is 5.01 Å². The van der Waals surface area contributed by atoms with Crippen molar-refractivity contribution < 1.29 is 45.9 Å². The molecule has 2 heterocycles. The Kier molecular flexibility index (Phi) is 16.1. The van der Waals surface area contributed by atoms with Crippen molar-refractivity contribution in [3.05, 3.63) is 93.6 Å². The number of hydrogen-bond acceptors (Lipinski definition) is 12. The number of unbranched alkanes of at least 4 members (excludes halogenated alkanes) is 3. The second-order valence-electron chi connectivity index (χ2n) is 15.7. The zero-order chi connectivity index (χ0) is 42.9. The molecule has 1 aromatic heterocycles. The van der Waals surface area contributed by atoms with Crippen LogP contribution < -0.4 is 14.7 Å². The van der Waals surface area contributed by atoms with Gasteiger partial charge in [0.1, 0.15) is 10.3 Å². The number of hydrogen-bond donors (Lipinski definition) is 0. The maximum atomic E-state index is 13.8. The first-order chi connectivity index (χ1) is 28.1. The van der Waals surface area contributed by atoms with Crippen molar-refractivity contribution in [3.8, 4) is 0 Å². The molecule has 0 fully saturated rings. The highest BCUT2D eigenvalue weighted by Crippen LogP contribution is 2.47. The summed E-state index contributed by atoms with van der Waals surface area (Å²) in [6.07, 6.45) is 12.6. The van der Waals surface area contributed by atoms with Crippen LogP contribution in [0.25, 0.3) is 16.3 Å².